The Kier molecular flexibility index (Phi) is 3.52. The van der Waals surface area contributed by atoms with Crippen molar-refractivity contribution < 1.29 is 5.11 Å². The first-order chi connectivity index (χ1) is 6.74. The fourth-order valence-corrected chi connectivity index (χ4v) is 4.17. The molecule has 1 saturated carbocycles. The molecule has 1 aliphatic carbocycles. The molecule has 3 N–H and O–H groups in total. The van der Waals surface area contributed by atoms with Crippen LogP contribution in [0.1, 0.15) is 53.4 Å². The molecule has 0 aromatic heterocycles. The second-order valence-electron chi connectivity index (χ2n) is 7.04. The molecule has 0 spiro atoms. The van der Waals surface area contributed by atoms with Gasteiger partial charge in [0.05, 0.1) is 0 Å². The molecule has 0 atom stereocenters. The molecule has 1 aliphatic rings. The molecule has 0 bridgehead atoms. The highest BCUT2D eigenvalue weighted by Crippen LogP contribution is 2.54. The second kappa shape index (κ2) is 4.06. The molecule has 0 aromatic rings. The maximum atomic E-state index is 9.20. The summed E-state index contributed by atoms with van der Waals surface area (Å²) in [5, 5.41) is 9.20. The van der Waals surface area contributed by atoms with Crippen LogP contribution in [0.4, 0.5) is 0 Å². The van der Waals surface area contributed by atoms with Crippen LogP contribution in [0.3, 0.4) is 0 Å². The number of aliphatic hydroxyl groups is 1. The molecule has 0 aromatic carbocycles. The van der Waals surface area contributed by atoms with Gasteiger partial charge in [-0.05, 0) is 48.5 Å². The molecule has 1 fully saturated rings. The van der Waals surface area contributed by atoms with E-state index in [2.05, 4.69) is 27.7 Å². The predicted molar refractivity (Wildman–Crippen MR) is 64.6 cm³/mol. The van der Waals surface area contributed by atoms with Crippen LogP contribution >= 0.6 is 0 Å². The number of hydrogen-bond donors (Lipinski definition) is 2. The standard InChI is InChI=1S/C13H27NO/c1-11(2)7-12(3,4)9-13(8-11,10-14)5-6-15/h15H,5-10,14H2,1-4H3. The first-order valence-corrected chi connectivity index (χ1v) is 6.05. The van der Waals surface area contributed by atoms with Gasteiger partial charge >= 0.3 is 0 Å². The highest BCUT2D eigenvalue weighted by Gasteiger charge is 2.46. The number of nitrogens with two attached hydrogens (primary N) is 1. The monoisotopic (exact) mass is 213 g/mol. The molecule has 0 amide bonds. The van der Waals surface area contributed by atoms with Crippen LogP contribution in [-0.2, 0) is 0 Å². The van der Waals surface area contributed by atoms with Crippen molar-refractivity contribution in [2.75, 3.05) is 13.2 Å². The van der Waals surface area contributed by atoms with Gasteiger partial charge in [-0.15, -0.1) is 0 Å². The topological polar surface area (TPSA) is 46.2 Å². The maximum Gasteiger partial charge on any atom is 0.0436 e. The van der Waals surface area contributed by atoms with E-state index in [1.54, 1.807) is 0 Å². The Bertz CT molecular complexity index is 205. The minimum absolute atomic E-state index is 0.167. The highest BCUT2D eigenvalue weighted by molar-refractivity contribution is 4.97. The van der Waals surface area contributed by atoms with Crippen molar-refractivity contribution in [3.05, 3.63) is 0 Å². The first-order valence-electron chi connectivity index (χ1n) is 6.05. The highest BCUT2D eigenvalue weighted by atomic mass is 16.3. The molecule has 0 aliphatic heterocycles. The lowest BCUT2D eigenvalue weighted by Gasteiger charge is -2.52. The summed E-state index contributed by atoms with van der Waals surface area (Å²) >= 11 is 0. The minimum Gasteiger partial charge on any atom is -0.396 e. The summed E-state index contributed by atoms with van der Waals surface area (Å²) in [6, 6.07) is 0. The molecule has 2 nitrogen and oxygen atoms in total. The van der Waals surface area contributed by atoms with Gasteiger partial charge in [0.15, 0.2) is 0 Å². The van der Waals surface area contributed by atoms with Crippen LogP contribution in [0.15, 0.2) is 0 Å². The summed E-state index contributed by atoms with van der Waals surface area (Å²) in [7, 11) is 0. The van der Waals surface area contributed by atoms with Crippen molar-refractivity contribution in [1.29, 1.82) is 0 Å². The molecule has 0 saturated heterocycles. The van der Waals surface area contributed by atoms with Gasteiger partial charge in [-0.25, -0.2) is 0 Å². The Morgan fingerprint density at radius 1 is 1.00 bits per heavy atom. The fourth-order valence-electron chi connectivity index (χ4n) is 4.17. The first kappa shape index (κ1) is 13.0. The van der Waals surface area contributed by atoms with Crippen molar-refractivity contribution in [2.24, 2.45) is 22.0 Å². The van der Waals surface area contributed by atoms with Gasteiger partial charge in [-0.2, -0.15) is 0 Å². The van der Waals surface area contributed by atoms with E-state index in [4.69, 9.17) is 5.73 Å². The second-order valence-corrected chi connectivity index (χ2v) is 7.04. The van der Waals surface area contributed by atoms with Crippen molar-refractivity contribution in [3.8, 4) is 0 Å². The van der Waals surface area contributed by atoms with Gasteiger partial charge in [0.2, 0.25) is 0 Å². The largest absolute Gasteiger partial charge is 0.396 e. The number of aliphatic hydroxyl groups excluding tert-OH is 1. The average Bonchev–Trinajstić information content (AvgIpc) is 1.98. The summed E-state index contributed by atoms with van der Waals surface area (Å²) in [5.74, 6) is 0. The lowest BCUT2D eigenvalue weighted by atomic mass is 9.54. The van der Waals surface area contributed by atoms with Gasteiger partial charge in [-0.3, -0.25) is 0 Å². The maximum absolute atomic E-state index is 9.20. The summed E-state index contributed by atoms with van der Waals surface area (Å²) in [5.41, 5.74) is 6.84. The summed E-state index contributed by atoms with van der Waals surface area (Å²) in [6.07, 6.45) is 4.42. The number of rotatable bonds is 3. The molecular formula is C13H27NO. The third kappa shape index (κ3) is 3.18. The van der Waals surface area contributed by atoms with Crippen molar-refractivity contribution in [2.45, 2.75) is 53.4 Å². The third-order valence-electron chi connectivity index (χ3n) is 3.74. The molecular weight excluding hydrogens is 186 g/mol. The van der Waals surface area contributed by atoms with E-state index in [-0.39, 0.29) is 12.0 Å². The Morgan fingerprint density at radius 2 is 1.47 bits per heavy atom. The summed E-state index contributed by atoms with van der Waals surface area (Å²) < 4.78 is 0. The molecule has 0 heterocycles. The molecule has 0 unspecified atom stereocenters. The zero-order valence-electron chi connectivity index (χ0n) is 10.8. The Hall–Kier alpha value is -0.0800. The quantitative estimate of drug-likeness (QED) is 0.757. The van der Waals surface area contributed by atoms with Gasteiger partial charge in [-0.1, -0.05) is 27.7 Å². The van der Waals surface area contributed by atoms with E-state index in [0.29, 0.717) is 17.4 Å². The van der Waals surface area contributed by atoms with Crippen molar-refractivity contribution >= 4 is 0 Å². The smallest absolute Gasteiger partial charge is 0.0436 e. The van der Waals surface area contributed by atoms with Crippen LogP contribution in [0.5, 0.6) is 0 Å². The summed E-state index contributed by atoms with van der Waals surface area (Å²) in [4.78, 5) is 0. The molecule has 90 valence electrons. The summed E-state index contributed by atoms with van der Waals surface area (Å²) in [6.45, 7) is 10.3. The van der Waals surface area contributed by atoms with E-state index in [1.807, 2.05) is 0 Å². The van der Waals surface area contributed by atoms with Crippen LogP contribution in [-0.4, -0.2) is 18.3 Å². The van der Waals surface area contributed by atoms with Crippen LogP contribution in [0.25, 0.3) is 0 Å². The Labute approximate surface area is 94.2 Å². The van der Waals surface area contributed by atoms with Gasteiger partial charge in [0, 0.05) is 6.61 Å². The van der Waals surface area contributed by atoms with Crippen molar-refractivity contribution in [1.82, 2.24) is 0 Å². The average molecular weight is 213 g/mol. The van der Waals surface area contributed by atoms with E-state index >= 15 is 0 Å². The Balaban J connectivity index is 2.89. The van der Waals surface area contributed by atoms with E-state index in [9.17, 15) is 5.11 Å². The van der Waals surface area contributed by atoms with Crippen LogP contribution in [0, 0.1) is 16.2 Å². The van der Waals surface area contributed by atoms with E-state index in [0.717, 1.165) is 19.3 Å². The lowest BCUT2D eigenvalue weighted by Crippen LogP contribution is -2.45. The predicted octanol–water partition coefficient (Wildman–Crippen LogP) is 2.55. The van der Waals surface area contributed by atoms with Crippen LogP contribution < -0.4 is 5.73 Å². The molecule has 1 rings (SSSR count). The van der Waals surface area contributed by atoms with Gasteiger partial charge in [0.1, 0.15) is 0 Å². The Morgan fingerprint density at radius 3 is 1.80 bits per heavy atom. The lowest BCUT2D eigenvalue weighted by molar-refractivity contribution is -0.0110. The van der Waals surface area contributed by atoms with Gasteiger partial charge < -0.3 is 10.8 Å². The van der Waals surface area contributed by atoms with E-state index < -0.39 is 0 Å². The zero-order chi connectivity index (χ0) is 11.7. The zero-order valence-corrected chi connectivity index (χ0v) is 10.8. The fraction of sp³-hybridized carbons (Fsp3) is 1.00. The van der Waals surface area contributed by atoms with E-state index in [1.165, 1.54) is 6.42 Å². The van der Waals surface area contributed by atoms with Crippen molar-refractivity contribution in [3.63, 3.8) is 0 Å². The molecule has 15 heavy (non-hydrogen) atoms. The molecule has 2 heteroatoms. The normalized spacial score (nSPS) is 27.6. The minimum atomic E-state index is 0.167. The molecule has 0 radical (unpaired) electrons. The SMILES string of the molecule is CC1(C)CC(C)(C)CC(CN)(CCO)C1. The van der Waals surface area contributed by atoms with Gasteiger partial charge in [0.25, 0.3) is 0 Å². The van der Waals surface area contributed by atoms with Crippen LogP contribution in [0.2, 0.25) is 0 Å². The number of hydrogen-bond acceptors (Lipinski definition) is 2. The third-order valence-corrected chi connectivity index (χ3v) is 3.74.